The van der Waals surface area contributed by atoms with E-state index in [0.29, 0.717) is 23.0 Å². The second-order valence-corrected chi connectivity index (χ2v) is 9.39. The molecule has 38 heavy (non-hydrogen) atoms. The number of hydrogen-bond donors (Lipinski definition) is 3. The van der Waals surface area contributed by atoms with E-state index in [1.165, 1.54) is 24.4 Å². The molecule has 0 spiro atoms. The molecular formula is C32H45ClN4O. The van der Waals surface area contributed by atoms with E-state index in [2.05, 4.69) is 50.6 Å². The number of methoxy groups -OCH3 is 1. The number of nitrogens with one attached hydrogen (secondary N) is 2. The zero-order valence-electron chi connectivity index (χ0n) is 24.3. The molecule has 0 saturated heterocycles. The Morgan fingerprint density at radius 3 is 2.34 bits per heavy atom. The average molecular weight is 537 g/mol. The number of nitrogens with zero attached hydrogens (tertiary/aromatic N) is 1. The smallest absolute Gasteiger partial charge is 0.133 e. The van der Waals surface area contributed by atoms with Crippen LogP contribution in [0.2, 0.25) is 5.02 Å². The Morgan fingerprint density at radius 1 is 1.18 bits per heavy atom. The molecule has 0 aliphatic carbocycles. The largest absolute Gasteiger partial charge is 0.496 e. The number of rotatable bonds is 8. The molecule has 1 atom stereocenters. The number of pyridine rings is 1. The number of benzene rings is 1. The molecule has 5 nitrogen and oxygen atoms in total. The van der Waals surface area contributed by atoms with Gasteiger partial charge in [0.1, 0.15) is 11.6 Å². The maximum Gasteiger partial charge on any atom is 0.133 e. The van der Waals surface area contributed by atoms with Crippen LogP contribution in [0.5, 0.6) is 5.75 Å². The van der Waals surface area contributed by atoms with Gasteiger partial charge in [-0.3, -0.25) is 0 Å². The van der Waals surface area contributed by atoms with Crippen molar-refractivity contribution in [1.29, 1.82) is 10.8 Å². The minimum Gasteiger partial charge on any atom is -0.496 e. The third-order valence-electron chi connectivity index (χ3n) is 5.59. The van der Waals surface area contributed by atoms with Crippen molar-refractivity contribution in [3.63, 3.8) is 0 Å². The fourth-order valence-electron chi connectivity index (χ4n) is 3.23. The molecule has 1 heterocycles. The van der Waals surface area contributed by atoms with Crippen LogP contribution in [-0.2, 0) is 6.42 Å². The zero-order valence-corrected chi connectivity index (χ0v) is 25.1. The second-order valence-electron chi connectivity index (χ2n) is 8.95. The molecule has 206 valence electrons. The van der Waals surface area contributed by atoms with Crippen molar-refractivity contribution in [3.05, 3.63) is 69.4 Å². The highest BCUT2D eigenvalue weighted by atomic mass is 35.5. The fraction of sp³-hybridized carbons (Fsp3) is 0.406. The molecule has 0 saturated carbocycles. The SMILES string of the molecule is CC(C)=C(C=N)c1cc(C)c(C=N)c(N)n1.CCC#C/C=C\C(C)CC.CCCc1cc(Cl)ccc1OC. The number of nitrogen functional groups attached to an aromatic ring is 1. The van der Waals surface area contributed by atoms with Crippen molar-refractivity contribution in [2.45, 2.75) is 74.1 Å². The highest BCUT2D eigenvalue weighted by Gasteiger charge is 2.08. The Hall–Kier alpha value is -3.36. The van der Waals surface area contributed by atoms with Gasteiger partial charge in [0.05, 0.1) is 12.8 Å². The monoisotopic (exact) mass is 536 g/mol. The van der Waals surface area contributed by atoms with E-state index in [9.17, 15) is 0 Å². The Kier molecular flexibility index (Phi) is 18.0. The summed E-state index contributed by atoms with van der Waals surface area (Å²) in [5, 5.41) is 15.4. The van der Waals surface area contributed by atoms with E-state index in [1.54, 1.807) is 7.11 Å². The molecule has 6 heteroatoms. The van der Waals surface area contributed by atoms with Gasteiger partial charge in [-0.2, -0.15) is 0 Å². The quantitative estimate of drug-likeness (QED) is 0.232. The number of aryl methyl sites for hydroxylation is 2. The van der Waals surface area contributed by atoms with Crippen LogP contribution < -0.4 is 10.5 Å². The standard InChI is InChI=1S/C12H16N4.C10H13ClO.C10H16/c1-7(2)9(5-13)11-4-8(3)10(6-14)12(15)16-11;1-3-4-8-7-9(11)5-6-10(8)12-2;1-4-6-7-8-9-10(3)5-2/h4-6,13-14H,1-3H3,(H2,15,16);5-7H,3-4H2,1-2H3;8-10H,4-5H2,1-3H3/b;;9-8-. The van der Waals surface area contributed by atoms with Crippen LogP contribution >= 0.6 is 11.6 Å². The van der Waals surface area contributed by atoms with Gasteiger partial charge in [-0.05, 0) is 74.6 Å². The van der Waals surface area contributed by atoms with Crippen LogP contribution in [-0.4, -0.2) is 24.5 Å². The van der Waals surface area contributed by atoms with Crippen molar-refractivity contribution in [3.8, 4) is 17.6 Å². The van der Waals surface area contributed by atoms with Crippen LogP contribution in [0.1, 0.15) is 83.2 Å². The number of halogens is 1. The van der Waals surface area contributed by atoms with E-state index in [0.717, 1.165) is 46.7 Å². The predicted molar refractivity (Wildman–Crippen MR) is 167 cm³/mol. The van der Waals surface area contributed by atoms with Crippen LogP contribution in [0.25, 0.3) is 5.57 Å². The van der Waals surface area contributed by atoms with Crippen LogP contribution in [0.4, 0.5) is 5.82 Å². The zero-order chi connectivity index (χ0) is 29.1. The highest BCUT2D eigenvalue weighted by molar-refractivity contribution is 6.30. The first-order valence-electron chi connectivity index (χ1n) is 13.0. The van der Waals surface area contributed by atoms with E-state index < -0.39 is 0 Å². The van der Waals surface area contributed by atoms with Crippen LogP contribution in [0.3, 0.4) is 0 Å². The minimum absolute atomic E-state index is 0.339. The summed E-state index contributed by atoms with van der Waals surface area (Å²) in [6.07, 6.45) is 10.9. The number of hydrogen-bond acceptors (Lipinski definition) is 5. The molecule has 0 aliphatic rings. The van der Waals surface area contributed by atoms with E-state index in [4.69, 9.17) is 32.9 Å². The molecule has 0 radical (unpaired) electrons. The van der Waals surface area contributed by atoms with Crippen LogP contribution in [0, 0.1) is 35.5 Å². The van der Waals surface area contributed by atoms with Crippen molar-refractivity contribution >= 4 is 35.4 Å². The summed E-state index contributed by atoms with van der Waals surface area (Å²) in [7, 11) is 1.68. The molecule has 1 unspecified atom stereocenters. The van der Waals surface area contributed by atoms with Gasteiger partial charge in [0.2, 0.25) is 0 Å². The first kappa shape index (κ1) is 34.6. The Labute approximate surface area is 235 Å². The van der Waals surface area contributed by atoms with Gasteiger partial charge in [-0.1, -0.05) is 75.6 Å². The molecule has 0 bridgehead atoms. The van der Waals surface area contributed by atoms with Gasteiger partial charge in [0, 0.05) is 35.0 Å². The van der Waals surface area contributed by atoms with Crippen molar-refractivity contribution in [2.75, 3.05) is 12.8 Å². The molecule has 4 N–H and O–H groups in total. The third kappa shape index (κ3) is 12.7. The molecule has 1 aromatic carbocycles. The third-order valence-corrected chi connectivity index (χ3v) is 5.83. The normalized spacial score (nSPS) is 10.6. The Bertz CT molecular complexity index is 1130. The van der Waals surface area contributed by atoms with Crippen molar-refractivity contribution in [1.82, 2.24) is 4.98 Å². The van der Waals surface area contributed by atoms with Gasteiger partial charge >= 0.3 is 0 Å². The molecular weight excluding hydrogens is 492 g/mol. The first-order chi connectivity index (χ1) is 18.1. The van der Waals surface area contributed by atoms with E-state index >= 15 is 0 Å². The van der Waals surface area contributed by atoms with E-state index in [1.807, 2.05) is 51.1 Å². The predicted octanol–water partition coefficient (Wildman–Crippen LogP) is 8.72. The summed E-state index contributed by atoms with van der Waals surface area (Å²) in [4.78, 5) is 4.21. The fourth-order valence-corrected chi connectivity index (χ4v) is 3.42. The topological polar surface area (TPSA) is 95.8 Å². The molecule has 0 aliphatic heterocycles. The van der Waals surface area contributed by atoms with Crippen LogP contribution in [0.15, 0.2) is 42.0 Å². The van der Waals surface area contributed by atoms with Gasteiger partial charge in [-0.15, -0.1) is 0 Å². The van der Waals surface area contributed by atoms with E-state index in [-0.39, 0.29) is 0 Å². The molecule has 2 aromatic rings. The maximum atomic E-state index is 7.36. The van der Waals surface area contributed by atoms with Gasteiger partial charge in [0.15, 0.2) is 0 Å². The Morgan fingerprint density at radius 2 is 1.87 bits per heavy atom. The summed E-state index contributed by atoms with van der Waals surface area (Å²) in [6, 6.07) is 7.57. The number of aromatic nitrogens is 1. The summed E-state index contributed by atoms with van der Waals surface area (Å²) in [5.41, 5.74) is 11.0. The number of nitrogens with two attached hydrogens (primary N) is 1. The average Bonchev–Trinajstić information content (AvgIpc) is 2.88. The number of allylic oxidation sites excluding steroid dienone is 4. The van der Waals surface area contributed by atoms with Crippen molar-refractivity contribution < 1.29 is 4.74 Å². The Balaban J connectivity index is 0.000000559. The molecule has 0 fully saturated rings. The number of anilines is 1. The summed E-state index contributed by atoms with van der Waals surface area (Å²) in [5.74, 6) is 7.90. The summed E-state index contributed by atoms with van der Waals surface area (Å²) in [6.45, 7) is 14.3. The molecule has 1 aromatic heterocycles. The lowest BCUT2D eigenvalue weighted by Crippen LogP contribution is -2.04. The second kappa shape index (κ2) is 19.7. The maximum absolute atomic E-state index is 7.36. The number of ether oxygens (including phenoxy) is 1. The lowest BCUT2D eigenvalue weighted by atomic mass is 10.0. The summed E-state index contributed by atoms with van der Waals surface area (Å²) < 4.78 is 5.19. The van der Waals surface area contributed by atoms with Crippen molar-refractivity contribution in [2.24, 2.45) is 5.92 Å². The minimum atomic E-state index is 0.339. The summed E-state index contributed by atoms with van der Waals surface area (Å²) >= 11 is 5.85. The molecule has 0 amide bonds. The van der Waals surface area contributed by atoms with Gasteiger partial charge in [0.25, 0.3) is 0 Å². The first-order valence-corrected chi connectivity index (χ1v) is 13.4. The highest BCUT2D eigenvalue weighted by Crippen LogP contribution is 2.23. The lowest BCUT2D eigenvalue weighted by Gasteiger charge is -2.09. The molecule has 2 rings (SSSR count). The van der Waals surface area contributed by atoms with Gasteiger partial charge in [-0.25, -0.2) is 4.98 Å². The lowest BCUT2D eigenvalue weighted by molar-refractivity contribution is 0.409. The van der Waals surface area contributed by atoms with Gasteiger partial charge < -0.3 is 21.3 Å².